The third-order valence-corrected chi connectivity index (χ3v) is 4.77. The van der Waals surface area contributed by atoms with Crippen LogP contribution in [0.4, 0.5) is 5.95 Å². The van der Waals surface area contributed by atoms with Crippen molar-refractivity contribution >= 4 is 17.0 Å². The zero-order valence-electron chi connectivity index (χ0n) is 14.1. The summed E-state index contributed by atoms with van der Waals surface area (Å²) in [5, 5.41) is 9.16. The molecule has 0 amide bonds. The summed E-state index contributed by atoms with van der Waals surface area (Å²) >= 11 is 0. The van der Waals surface area contributed by atoms with Crippen LogP contribution in [0.2, 0.25) is 0 Å². The zero-order valence-corrected chi connectivity index (χ0v) is 14.1. The fourth-order valence-corrected chi connectivity index (χ4v) is 3.57. The number of para-hydroxylation sites is 2. The topological polar surface area (TPSA) is 70.9 Å². The Morgan fingerprint density at radius 3 is 2.92 bits per heavy atom. The zero-order chi connectivity index (χ0) is 17.2. The summed E-state index contributed by atoms with van der Waals surface area (Å²) in [7, 11) is 0. The van der Waals surface area contributed by atoms with Crippen molar-refractivity contribution in [2.24, 2.45) is 5.73 Å². The number of anilines is 1. The van der Waals surface area contributed by atoms with Gasteiger partial charge in [-0.1, -0.05) is 24.3 Å². The summed E-state index contributed by atoms with van der Waals surface area (Å²) in [6.45, 7) is 2.51. The van der Waals surface area contributed by atoms with Gasteiger partial charge in [0.25, 0.3) is 0 Å². The highest BCUT2D eigenvalue weighted by Gasteiger charge is 2.22. The second-order valence-corrected chi connectivity index (χ2v) is 6.65. The molecule has 5 nitrogen and oxygen atoms in total. The van der Waals surface area contributed by atoms with Gasteiger partial charge in [-0.15, -0.1) is 0 Å². The molecule has 2 aromatic carbocycles. The average molecular weight is 331 g/mol. The predicted octanol–water partition coefficient (Wildman–Crippen LogP) is 2.88. The molecule has 1 aromatic heterocycles. The van der Waals surface area contributed by atoms with E-state index >= 15 is 0 Å². The maximum atomic E-state index is 9.16. The summed E-state index contributed by atoms with van der Waals surface area (Å²) in [6.07, 6.45) is 2.16. The molecule has 3 aromatic rings. The Morgan fingerprint density at radius 2 is 2.08 bits per heavy atom. The van der Waals surface area contributed by atoms with E-state index in [-0.39, 0.29) is 6.04 Å². The van der Waals surface area contributed by atoms with E-state index in [2.05, 4.69) is 27.7 Å². The fraction of sp³-hybridized carbons (Fsp3) is 0.300. The second kappa shape index (κ2) is 6.58. The molecule has 0 radical (unpaired) electrons. The van der Waals surface area contributed by atoms with Crippen LogP contribution in [0.25, 0.3) is 11.0 Å². The molecule has 2 heterocycles. The molecular weight excluding hydrogens is 310 g/mol. The molecule has 0 bridgehead atoms. The van der Waals surface area contributed by atoms with Gasteiger partial charge in [-0.05, 0) is 42.7 Å². The van der Waals surface area contributed by atoms with Crippen LogP contribution in [0.3, 0.4) is 0 Å². The molecule has 25 heavy (non-hydrogen) atoms. The number of aromatic nitrogens is 2. The van der Waals surface area contributed by atoms with Crippen molar-refractivity contribution in [1.82, 2.24) is 9.55 Å². The summed E-state index contributed by atoms with van der Waals surface area (Å²) in [5.74, 6) is 0.971. The lowest BCUT2D eigenvalue weighted by atomic mass is 10.1. The van der Waals surface area contributed by atoms with Crippen LogP contribution in [-0.4, -0.2) is 28.7 Å². The minimum atomic E-state index is 0.198. The number of rotatable bonds is 3. The first-order chi connectivity index (χ1) is 12.2. The number of imidazole rings is 1. The van der Waals surface area contributed by atoms with Crippen molar-refractivity contribution in [3.63, 3.8) is 0 Å². The van der Waals surface area contributed by atoms with E-state index in [0.717, 1.165) is 48.5 Å². The van der Waals surface area contributed by atoms with Gasteiger partial charge >= 0.3 is 0 Å². The lowest BCUT2D eigenvalue weighted by molar-refractivity contribution is 0.495. The normalized spacial score (nSPS) is 17.6. The third kappa shape index (κ3) is 3.09. The second-order valence-electron chi connectivity index (χ2n) is 6.65. The molecule has 1 atom stereocenters. The number of hydrogen-bond acceptors (Lipinski definition) is 4. The number of fused-ring (bicyclic) bond motifs is 1. The van der Waals surface area contributed by atoms with Crippen molar-refractivity contribution < 1.29 is 0 Å². The Kier molecular flexibility index (Phi) is 4.12. The van der Waals surface area contributed by atoms with Crippen LogP contribution < -0.4 is 10.6 Å². The minimum Gasteiger partial charge on any atom is -0.341 e. The smallest absolute Gasteiger partial charge is 0.206 e. The minimum absolute atomic E-state index is 0.198. The first-order valence-electron chi connectivity index (χ1n) is 8.69. The number of benzene rings is 2. The van der Waals surface area contributed by atoms with Gasteiger partial charge in [0.15, 0.2) is 0 Å². The molecule has 5 heteroatoms. The van der Waals surface area contributed by atoms with E-state index in [0.29, 0.717) is 12.1 Å². The van der Waals surface area contributed by atoms with Crippen LogP contribution in [0.5, 0.6) is 0 Å². The van der Waals surface area contributed by atoms with E-state index in [1.807, 2.05) is 36.4 Å². The Morgan fingerprint density at radius 1 is 1.20 bits per heavy atom. The monoisotopic (exact) mass is 331 g/mol. The van der Waals surface area contributed by atoms with Gasteiger partial charge < -0.3 is 15.2 Å². The lowest BCUT2D eigenvalue weighted by Crippen LogP contribution is -2.44. The SMILES string of the molecule is N#Cc1cccc(Cn2c(N3CCC[C@@H](N)C3)nc3ccccc32)c1. The first-order valence-corrected chi connectivity index (χ1v) is 8.69. The van der Waals surface area contributed by atoms with E-state index < -0.39 is 0 Å². The quantitative estimate of drug-likeness (QED) is 0.801. The van der Waals surface area contributed by atoms with Crippen molar-refractivity contribution in [1.29, 1.82) is 5.26 Å². The third-order valence-electron chi connectivity index (χ3n) is 4.77. The highest BCUT2D eigenvalue weighted by Crippen LogP contribution is 2.26. The van der Waals surface area contributed by atoms with Gasteiger partial charge in [0, 0.05) is 19.1 Å². The van der Waals surface area contributed by atoms with Gasteiger partial charge in [0.05, 0.1) is 29.2 Å². The first kappa shape index (κ1) is 15.7. The van der Waals surface area contributed by atoms with E-state index in [1.54, 1.807) is 0 Å². The molecule has 1 aliphatic rings. The molecule has 0 unspecified atom stereocenters. The molecule has 0 saturated carbocycles. The van der Waals surface area contributed by atoms with Crippen molar-refractivity contribution in [2.75, 3.05) is 18.0 Å². The summed E-state index contributed by atoms with van der Waals surface area (Å²) in [5.41, 5.74) is 10.1. The average Bonchev–Trinajstić information content (AvgIpc) is 3.01. The molecule has 126 valence electrons. The predicted molar refractivity (Wildman–Crippen MR) is 99.4 cm³/mol. The molecular formula is C20H21N5. The van der Waals surface area contributed by atoms with Crippen LogP contribution in [0, 0.1) is 11.3 Å². The standard InChI is InChI=1S/C20H21N5/c21-12-15-5-3-6-16(11-15)13-25-19-9-2-1-8-18(19)23-20(25)24-10-4-7-17(22)14-24/h1-3,5-6,8-9,11,17H,4,7,10,13-14,22H2/t17-/m1/s1. The fourth-order valence-electron chi connectivity index (χ4n) is 3.57. The maximum absolute atomic E-state index is 9.16. The Labute approximate surface area is 147 Å². The van der Waals surface area contributed by atoms with Crippen LogP contribution >= 0.6 is 0 Å². The van der Waals surface area contributed by atoms with Crippen LogP contribution in [0.15, 0.2) is 48.5 Å². The van der Waals surface area contributed by atoms with E-state index in [9.17, 15) is 0 Å². The van der Waals surface area contributed by atoms with Crippen molar-refractivity contribution in [3.8, 4) is 6.07 Å². The Hall–Kier alpha value is -2.84. The Balaban J connectivity index is 1.77. The molecule has 1 aliphatic heterocycles. The number of nitrogens with zero attached hydrogens (tertiary/aromatic N) is 4. The van der Waals surface area contributed by atoms with Gasteiger partial charge in [0.2, 0.25) is 5.95 Å². The molecule has 0 spiro atoms. The van der Waals surface area contributed by atoms with Crippen molar-refractivity contribution in [2.45, 2.75) is 25.4 Å². The largest absolute Gasteiger partial charge is 0.341 e. The van der Waals surface area contributed by atoms with E-state index in [1.165, 1.54) is 0 Å². The summed E-state index contributed by atoms with van der Waals surface area (Å²) in [4.78, 5) is 7.17. The number of nitrogens with two attached hydrogens (primary N) is 1. The lowest BCUT2D eigenvalue weighted by Gasteiger charge is -2.32. The molecule has 1 fully saturated rings. The highest BCUT2D eigenvalue weighted by molar-refractivity contribution is 5.79. The Bertz CT molecular complexity index is 937. The molecule has 2 N–H and O–H groups in total. The van der Waals surface area contributed by atoms with Gasteiger partial charge in [-0.25, -0.2) is 4.98 Å². The van der Waals surface area contributed by atoms with E-state index in [4.69, 9.17) is 16.0 Å². The van der Waals surface area contributed by atoms with Gasteiger partial charge in [-0.3, -0.25) is 0 Å². The molecule has 1 saturated heterocycles. The van der Waals surface area contributed by atoms with Crippen molar-refractivity contribution in [3.05, 3.63) is 59.7 Å². The molecule has 4 rings (SSSR count). The number of nitriles is 1. The van der Waals surface area contributed by atoms with Crippen LogP contribution in [-0.2, 0) is 6.54 Å². The summed E-state index contributed by atoms with van der Waals surface area (Å²) in [6, 6.07) is 18.4. The van der Waals surface area contributed by atoms with Crippen LogP contribution in [0.1, 0.15) is 24.0 Å². The van der Waals surface area contributed by atoms with Gasteiger partial charge in [-0.2, -0.15) is 5.26 Å². The summed E-state index contributed by atoms with van der Waals surface area (Å²) < 4.78 is 2.24. The van der Waals surface area contributed by atoms with Gasteiger partial charge in [0.1, 0.15) is 0 Å². The number of piperidine rings is 1. The maximum Gasteiger partial charge on any atom is 0.206 e. The number of hydrogen-bond donors (Lipinski definition) is 1. The molecule has 0 aliphatic carbocycles. The highest BCUT2D eigenvalue weighted by atomic mass is 15.3.